The van der Waals surface area contributed by atoms with Crippen LogP contribution in [-0.2, 0) is 16.0 Å². The predicted octanol–water partition coefficient (Wildman–Crippen LogP) is 4.95. The fraction of sp³-hybridized carbons (Fsp3) is 0.444. The number of carbonyl (C=O) groups is 3. The average Bonchev–Trinajstić information content (AvgIpc) is 2.79. The molecule has 3 rings (SSSR count). The maximum absolute atomic E-state index is 13.7. The van der Waals surface area contributed by atoms with Crippen LogP contribution in [0.4, 0.5) is 15.3 Å². The lowest BCUT2D eigenvalue weighted by Crippen LogP contribution is -2.50. The maximum atomic E-state index is 13.7. The van der Waals surface area contributed by atoms with Gasteiger partial charge in [0.1, 0.15) is 11.4 Å². The Labute approximate surface area is 207 Å². The summed E-state index contributed by atoms with van der Waals surface area (Å²) in [6.45, 7) is 6.37. The summed E-state index contributed by atoms with van der Waals surface area (Å²) < 4.78 is 10.8. The molecule has 0 saturated carbocycles. The normalized spacial score (nSPS) is 15.2. The highest BCUT2D eigenvalue weighted by molar-refractivity contribution is 5.96. The molecule has 0 radical (unpaired) electrons. The van der Waals surface area contributed by atoms with Gasteiger partial charge in [-0.25, -0.2) is 9.59 Å². The van der Waals surface area contributed by atoms with Gasteiger partial charge in [-0.05, 0) is 57.7 Å². The highest BCUT2D eigenvalue weighted by Gasteiger charge is 2.43. The zero-order chi connectivity index (χ0) is 25.6. The van der Waals surface area contributed by atoms with E-state index in [-0.39, 0.29) is 12.0 Å². The SMILES string of the molecule is CN(C)C(=O)Oc1cccc(NC(=O)C2(Cc3ccccc3)CCN(C(=O)OC(C)(C)C)CC2)c1. The Balaban J connectivity index is 1.77. The van der Waals surface area contributed by atoms with Crippen LogP contribution in [0.15, 0.2) is 54.6 Å². The number of hydrogen-bond acceptors (Lipinski definition) is 5. The third kappa shape index (κ3) is 7.21. The number of nitrogens with zero attached hydrogens (tertiary/aromatic N) is 2. The van der Waals surface area contributed by atoms with Crippen molar-refractivity contribution in [2.75, 3.05) is 32.5 Å². The summed E-state index contributed by atoms with van der Waals surface area (Å²) in [4.78, 5) is 41.2. The van der Waals surface area contributed by atoms with Gasteiger partial charge in [-0.3, -0.25) is 4.79 Å². The van der Waals surface area contributed by atoms with Crippen molar-refractivity contribution in [3.05, 3.63) is 60.2 Å². The minimum atomic E-state index is -0.698. The Morgan fingerprint density at radius 2 is 1.66 bits per heavy atom. The molecule has 1 fully saturated rings. The number of likely N-dealkylation sites (tertiary alicyclic amines) is 1. The molecule has 0 bridgehead atoms. The van der Waals surface area contributed by atoms with Crippen molar-refractivity contribution in [3.63, 3.8) is 0 Å². The van der Waals surface area contributed by atoms with Gasteiger partial charge in [-0.1, -0.05) is 36.4 Å². The van der Waals surface area contributed by atoms with Gasteiger partial charge in [-0.15, -0.1) is 0 Å². The summed E-state index contributed by atoms with van der Waals surface area (Å²) in [5.74, 6) is 0.222. The first-order valence-corrected chi connectivity index (χ1v) is 11.8. The lowest BCUT2D eigenvalue weighted by molar-refractivity contribution is -0.128. The molecule has 3 amide bonds. The van der Waals surface area contributed by atoms with Gasteiger partial charge in [0, 0.05) is 38.9 Å². The van der Waals surface area contributed by atoms with Crippen molar-refractivity contribution >= 4 is 23.8 Å². The molecule has 1 aliphatic heterocycles. The second-order valence-electron chi connectivity index (χ2n) is 10.2. The van der Waals surface area contributed by atoms with E-state index in [1.54, 1.807) is 43.3 Å². The molecular weight excluding hydrogens is 446 g/mol. The second kappa shape index (κ2) is 10.8. The Bertz CT molecular complexity index is 1040. The van der Waals surface area contributed by atoms with Crippen LogP contribution in [0.25, 0.3) is 0 Å². The third-order valence-electron chi connectivity index (χ3n) is 5.90. The Hall–Kier alpha value is -3.55. The first kappa shape index (κ1) is 26.1. The van der Waals surface area contributed by atoms with E-state index >= 15 is 0 Å². The molecule has 1 heterocycles. The standard InChI is InChI=1S/C27H35N3O5/c1-26(2,3)35-25(33)30-16-14-27(15-17-30,19-20-10-7-6-8-11-20)23(31)28-21-12-9-13-22(18-21)34-24(32)29(4)5/h6-13,18H,14-17,19H2,1-5H3,(H,28,31). The number of anilines is 1. The van der Waals surface area contributed by atoms with Crippen molar-refractivity contribution in [2.45, 2.75) is 45.6 Å². The van der Waals surface area contributed by atoms with E-state index in [2.05, 4.69) is 5.32 Å². The first-order chi connectivity index (χ1) is 16.5. The van der Waals surface area contributed by atoms with E-state index in [0.717, 1.165) is 5.56 Å². The van der Waals surface area contributed by atoms with Crippen LogP contribution in [0.1, 0.15) is 39.2 Å². The van der Waals surface area contributed by atoms with Gasteiger partial charge < -0.3 is 24.6 Å². The summed E-state index contributed by atoms with van der Waals surface area (Å²) in [5, 5.41) is 3.02. The van der Waals surface area contributed by atoms with Crippen LogP contribution in [-0.4, -0.2) is 60.7 Å². The van der Waals surface area contributed by atoms with Crippen LogP contribution >= 0.6 is 0 Å². The van der Waals surface area contributed by atoms with Crippen LogP contribution in [0.3, 0.4) is 0 Å². The number of rotatable bonds is 5. The lowest BCUT2D eigenvalue weighted by Gasteiger charge is -2.41. The van der Waals surface area contributed by atoms with Crippen molar-refractivity contribution < 1.29 is 23.9 Å². The summed E-state index contributed by atoms with van der Waals surface area (Å²) in [6, 6.07) is 16.7. The lowest BCUT2D eigenvalue weighted by atomic mass is 9.73. The summed E-state index contributed by atoms with van der Waals surface area (Å²) in [7, 11) is 3.20. The molecule has 8 nitrogen and oxygen atoms in total. The van der Waals surface area contributed by atoms with Gasteiger partial charge >= 0.3 is 12.2 Å². The molecule has 35 heavy (non-hydrogen) atoms. The van der Waals surface area contributed by atoms with Crippen LogP contribution in [0.5, 0.6) is 5.75 Å². The number of benzene rings is 2. The fourth-order valence-electron chi connectivity index (χ4n) is 4.01. The molecule has 1 saturated heterocycles. The van der Waals surface area contributed by atoms with Crippen LogP contribution < -0.4 is 10.1 Å². The molecule has 0 aliphatic carbocycles. The Morgan fingerprint density at radius 3 is 2.26 bits per heavy atom. The molecule has 0 unspecified atom stereocenters. The largest absolute Gasteiger partial charge is 0.444 e. The Kier molecular flexibility index (Phi) is 8.04. The third-order valence-corrected chi connectivity index (χ3v) is 5.90. The van der Waals surface area contributed by atoms with E-state index in [0.29, 0.717) is 43.8 Å². The van der Waals surface area contributed by atoms with Crippen LogP contribution in [0.2, 0.25) is 0 Å². The van der Waals surface area contributed by atoms with Gasteiger partial charge in [0.2, 0.25) is 5.91 Å². The van der Waals surface area contributed by atoms with Gasteiger partial charge in [0.25, 0.3) is 0 Å². The van der Waals surface area contributed by atoms with E-state index in [1.165, 1.54) is 4.90 Å². The number of hydrogen-bond donors (Lipinski definition) is 1. The van der Waals surface area contributed by atoms with Gasteiger partial charge in [0.05, 0.1) is 5.41 Å². The number of carbonyl (C=O) groups excluding carboxylic acids is 3. The highest BCUT2D eigenvalue weighted by Crippen LogP contribution is 2.37. The molecular formula is C27H35N3O5. The number of piperidine rings is 1. The molecule has 188 valence electrons. The number of nitrogens with one attached hydrogen (secondary N) is 1. The smallest absolute Gasteiger partial charge is 0.414 e. The number of amides is 3. The van der Waals surface area contributed by atoms with Gasteiger partial charge in [0.15, 0.2) is 0 Å². The van der Waals surface area contributed by atoms with Crippen molar-refractivity contribution in [2.24, 2.45) is 5.41 Å². The summed E-state index contributed by atoms with van der Waals surface area (Å²) in [6.07, 6.45) is 0.701. The topological polar surface area (TPSA) is 88.2 Å². The van der Waals surface area contributed by atoms with E-state index in [4.69, 9.17) is 9.47 Å². The molecule has 0 atom stereocenters. The Morgan fingerprint density at radius 1 is 1.00 bits per heavy atom. The van der Waals surface area contributed by atoms with Crippen molar-refractivity contribution in [3.8, 4) is 5.75 Å². The van der Waals surface area contributed by atoms with E-state index in [1.807, 2.05) is 51.1 Å². The fourth-order valence-corrected chi connectivity index (χ4v) is 4.01. The maximum Gasteiger partial charge on any atom is 0.414 e. The average molecular weight is 482 g/mol. The summed E-state index contributed by atoms with van der Waals surface area (Å²) in [5.41, 5.74) is 0.327. The first-order valence-electron chi connectivity index (χ1n) is 11.8. The molecule has 0 spiro atoms. The van der Waals surface area contributed by atoms with E-state index < -0.39 is 17.1 Å². The predicted molar refractivity (Wildman–Crippen MR) is 134 cm³/mol. The molecule has 1 N–H and O–H groups in total. The highest BCUT2D eigenvalue weighted by atomic mass is 16.6. The van der Waals surface area contributed by atoms with Gasteiger partial charge in [-0.2, -0.15) is 0 Å². The minimum Gasteiger partial charge on any atom is -0.444 e. The molecule has 1 aliphatic rings. The molecule has 8 heteroatoms. The minimum absolute atomic E-state index is 0.124. The molecule has 0 aromatic heterocycles. The van der Waals surface area contributed by atoms with E-state index in [9.17, 15) is 14.4 Å². The summed E-state index contributed by atoms with van der Waals surface area (Å²) >= 11 is 0. The molecule has 2 aromatic rings. The monoisotopic (exact) mass is 481 g/mol. The molecule has 2 aromatic carbocycles. The number of ether oxygens (including phenoxy) is 2. The zero-order valence-corrected chi connectivity index (χ0v) is 21.2. The van der Waals surface area contributed by atoms with Crippen molar-refractivity contribution in [1.29, 1.82) is 0 Å². The quantitative estimate of drug-likeness (QED) is 0.653. The second-order valence-corrected chi connectivity index (χ2v) is 10.2. The van der Waals surface area contributed by atoms with Crippen molar-refractivity contribution in [1.82, 2.24) is 9.80 Å². The van der Waals surface area contributed by atoms with Crippen LogP contribution in [0, 0.1) is 5.41 Å². The zero-order valence-electron chi connectivity index (χ0n) is 21.2.